The molecule has 0 fully saturated rings. The average molecular weight is 72.1 g/mol. The molecule has 0 spiro atoms. The molecular weight excluding hydrogens is 68.1 g/mol. The topological polar surface area (TPSA) is 9.23 Å². The van der Waals surface area contributed by atoms with Gasteiger partial charge < -0.3 is 4.74 Å². The summed E-state index contributed by atoms with van der Waals surface area (Å²) in [6.07, 6.45) is 1.03. The molecule has 1 aliphatic rings. The molecule has 0 aromatic rings. The summed E-state index contributed by atoms with van der Waals surface area (Å²) in [5.74, 6) is 1.89. The van der Waals surface area contributed by atoms with E-state index in [9.17, 15) is 0 Å². The van der Waals surface area contributed by atoms with Crippen LogP contribution in [0.5, 0.6) is 0 Å². The lowest BCUT2D eigenvalue weighted by Gasteiger charge is -1.99. The van der Waals surface area contributed by atoms with E-state index in [4.69, 9.17) is 0 Å². The third-order valence-corrected chi connectivity index (χ3v) is 1.15. The Bertz CT molecular complexity index is 35.3. The summed E-state index contributed by atoms with van der Waals surface area (Å²) < 4.78 is 4.63. The van der Waals surface area contributed by atoms with Gasteiger partial charge in [-0.2, -0.15) is 0 Å². The van der Waals surface area contributed by atoms with E-state index < -0.39 is 0 Å². The van der Waals surface area contributed by atoms with Crippen molar-refractivity contribution in [3.8, 4) is 0 Å². The molecule has 1 rings (SSSR count). The Kier molecular flexibility index (Phi) is 0.365. The van der Waals surface area contributed by atoms with Crippen LogP contribution in [0.1, 0.15) is 0 Å². The van der Waals surface area contributed by atoms with Crippen molar-refractivity contribution in [1.29, 1.82) is 0 Å². The van der Waals surface area contributed by atoms with Crippen molar-refractivity contribution in [2.75, 3.05) is 6.23 Å². The normalized spacial score (nSPS) is 18.0. The van der Waals surface area contributed by atoms with Crippen LogP contribution in [0.4, 0.5) is 0 Å². The van der Waals surface area contributed by atoms with Crippen molar-refractivity contribution in [1.82, 2.24) is 0 Å². The molecule has 0 radical (unpaired) electrons. The summed E-state index contributed by atoms with van der Waals surface area (Å²) in [6.45, 7) is 0. The summed E-state index contributed by atoms with van der Waals surface area (Å²) >= 11 is 0. The minimum Gasteiger partial charge on any atom is -0.507 e. The van der Waals surface area contributed by atoms with E-state index in [1.165, 1.54) is 0 Å². The molecular formula is C2H4OSi. The molecule has 0 amide bonds. The maximum atomic E-state index is 4.63. The van der Waals surface area contributed by atoms with Gasteiger partial charge in [-0.15, -0.1) is 0 Å². The van der Waals surface area contributed by atoms with E-state index in [1.54, 1.807) is 0 Å². The zero-order chi connectivity index (χ0) is 2.83. The Hall–Kier alpha value is -0.113. The van der Waals surface area contributed by atoms with Gasteiger partial charge in [0.1, 0.15) is 0 Å². The Morgan fingerprint density at radius 3 is 2.25 bits per heavy atom. The van der Waals surface area contributed by atoms with Crippen molar-refractivity contribution in [2.45, 2.75) is 0 Å². The van der Waals surface area contributed by atoms with Crippen LogP contribution in [0, 0.1) is 0 Å². The van der Waals surface area contributed by atoms with E-state index >= 15 is 0 Å². The first-order valence-electron chi connectivity index (χ1n) is 1.27. The van der Waals surface area contributed by atoms with Gasteiger partial charge in [0.05, 0.1) is 21.2 Å². The molecule has 1 heterocycles. The van der Waals surface area contributed by atoms with Crippen molar-refractivity contribution in [3.05, 3.63) is 0 Å². The van der Waals surface area contributed by atoms with E-state index in [-0.39, 0.29) is 0 Å². The largest absolute Gasteiger partial charge is 0.507 e. The molecule has 0 atom stereocenters. The number of rotatable bonds is 0. The Balaban J connectivity index is 2.47. The smallest absolute Gasteiger partial charge is 0.0903 e. The van der Waals surface area contributed by atoms with Gasteiger partial charge in [0.2, 0.25) is 0 Å². The van der Waals surface area contributed by atoms with Gasteiger partial charge in [0.15, 0.2) is 0 Å². The monoisotopic (exact) mass is 72.0 g/mol. The lowest BCUT2D eigenvalue weighted by molar-refractivity contribution is 0.380. The summed E-state index contributed by atoms with van der Waals surface area (Å²) in [6, 6.07) is 0. The summed E-state index contributed by atoms with van der Waals surface area (Å²) in [5.41, 5.74) is 0. The van der Waals surface area contributed by atoms with Crippen LogP contribution >= 0.6 is 0 Å². The number of hydrogen-bond acceptors (Lipinski definition) is 1. The number of hydrogen-bond donors (Lipinski definition) is 0. The van der Waals surface area contributed by atoms with Crippen LogP contribution in [0.25, 0.3) is 0 Å². The second kappa shape index (κ2) is 0.680. The third kappa shape index (κ3) is 0.0982. The summed E-state index contributed by atoms with van der Waals surface area (Å²) in [4.78, 5) is 0. The highest BCUT2D eigenvalue weighted by Gasteiger charge is 1.80. The first kappa shape index (κ1) is 2.14. The summed E-state index contributed by atoms with van der Waals surface area (Å²) in [5, 5.41) is 0. The van der Waals surface area contributed by atoms with Crippen LogP contribution in [-0.4, -0.2) is 21.2 Å². The molecule has 4 heavy (non-hydrogen) atoms. The fourth-order valence-corrected chi connectivity index (χ4v) is 0.289. The van der Waals surface area contributed by atoms with Crippen molar-refractivity contribution < 1.29 is 4.74 Å². The Morgan fingerprint density at radius 2 is 2.25 bits per heavy atom. The van der Waals surface area contributed by atoms with Crippen molar-refractivity contribution in [3.63, 3.8) is 0 Å². The molecule has 22 valence electrons. The van der Waals surface area contributed by atoms with Gasteiger partial charge in [-0.1, -0.05) is 0 Å². The first-order chi connectivity index (χ1) is 2.00. The maximum absolute atomic E-state index is 4.63. The van der Waals surface area contributed by atoms with Crippen LogP contribution < -0.4 is 0 Å². The van der Waals surface area contributed by atoms with Crippen molar-refractivity contribution >= 4 is 15.0 Å². The second-order valence-electron chi connectivity index (χ2n) is 0.705. The Morgan fingerprint density at radius 1 is 2.00 bits per heavy atom. The lowest BCUT2D eigenvalue weighted by atomic mass is 11.5. The second-order valence-corrected chi connectivity index (χ2v) is 1.78. The molecule has 0 N–H and O–H groups in total. The average Bonchev–Trinajstić information content (AvgIpc) is 0.722. The molecule has 0 aromatic heterocycles. The van der Waals surface area contributed by atoms with Crippen LogP contribution in [-0.2, 0) is 4.74 Å². The SMILES string of the molecule is C1=[SiH]CO1. The molecule has 0 saturated carbocycles. The van der Waals surface area contributed by atoms with Gasteiger partial charge in [-0.05, 0) is 0 Å². The zero-order valence-electron chi connectivity index (χ0n) is 2.27. The van der Waals surface area contributed by atoms with E-state index in [0.29, 0.717) is 9.13 Å². The predicted molar refractivity (Wildman–Crippen MR) is 19.2 cm³/mol. The minimum atomic E-state index is 0.616. The van der Waals surface area contributed by atoms with Gasteiger partial charge in [0, 0.05) is 0 Å². The fraction of sp³-hybridized carbons (Fsp3) is 0.500. The minimum absolute atomic E-state index is 0.616. The number of ether oxygens (including phenoxy) is 1. The van der Waals surface area contributed by atoms with E-state index in [2.05, 4.69) is 4.74 Å². The molecule has 0 saturated heterocycles. The molecule has 1 nitrogen and oxygen atoms in total. The predicted octanol–water partition coefficient (Wildman–Crippen LogP) is -0.830. The zero-order valence-corrected chi connectivity index (χ0v) is 3.42. The van der Waals surface area contributed by atoms with E-state index in [0.717, 1.165) is 6.23 Å². The van der Waals surface area contributed by atoms with Crippen molar-refractivity contribution in [2.24, 2.45) is 0 Å². The van der Waals surface area contributed by atoms with Gasteiger partial charge in [0.25, 0.3) is 0 Å². The van der Waals surface area contributed by atoms with Gasteiger partial charge in [-0.3, -0.25) is 0 Å². The highest BCUT2D eigenvalue weighted by Crippen LogP contribution is 1.65. The molecule has 0 aromatic carbocycles. The quantitative estimate of drug-likeness (QED) is 0.339. The van der Waals surface area contributed by atoms with Gasteiger partial charge >= 0.3 is 0 Å². The Labute approximate surface area is 27.0 Å². The highest BCUT2D eigenvalue weighted by atomic mass is 28.2. The fourth-order valence-electron chi connectivity index (χ4n) is 0.0962. The van der Waals surface area contributed by atoms with Crippen LogP contribution in [0.2, 0.25) is 0 Å². The molecule has 0 bridgehead atoms. The standard InChI is InChI=1S/C2H4OSi/c1-3-2-4-1/h1,4H,2H2. The molecule has 2 heteroatoms. The third-order valence-electron chi connectivity index (χ3n) is 0.385. The van der Waals surface area contributed by atoms with Crippen LogP contribution in [0.15, 0.2) is 0 Å². The summed E-state index contributed by atoms with van der Waals surface area (Å²) in [7, 11) is 0.616. The van der Waals surface area contributed by atoms with Crippen LogP contribution in [0.3, 0.4) is 0 Å². The van der Waals surface area contributed by atoms with E-state index in [1.807, 2.05) is 5.86 Å². The maximum Gasteiger partial charge on any atom is 0.0903 e. The lowest BCUT2D eigenvalue weighted by Crippen LogP contribution is -2.09. The highest BCUT2D eigenvalue weighted by molar-refractivity contribution is 6.49. The molecule has 0 unspecified atom stereocenters. The molecule has 0 aliphatic carbocycles. The van der Waals surface area contributed by atoms with Gasteiger partial charge in [-0.25, -0.2) is 0 Å². The first-order valence-corrected chi connectivity index (χ1v) is 2.75. The molecule has 1 aliphatic heterocycles.